The third-order valence-corrected chi connectivity index (χ3v) is 5.35. The second kappa shape index (κ2) is 9.33. The first-order chi connectivity index (χ1) is 13.2. The Balaban J connectivity index is 1.64. The van der Waals surface area contributed by atoms with Gasteiger partial charge in [-0.05, 0) is 38.0 Å². The second-order valence-corrected chi connectivity index (χ2v) is 7.14. The predicted octanol–water partition coefficient (Wildman–Crippen LogP) is 5.23. The molecule has 0 aliphatic heterocycles. The molecule has 0 atom stereocenters. The third kappa shape index (κ3) is 5.17. The van der Waals surface area contributed by atoms with Crippen molar-refractivity contribution in [1.82, 2.24) is 4.98 Å². The molecule has 140 valence electrons. The number of nitrogens with zero attached hydrogens (tertiary/aromatic N) is 2. The minimum absolute atomic E-state index is 0.0260. The lowest BCUT2D eigenvalue weighted by molar-refractivity contribution is -0.116. The number of rotatable bonds is 8. The van der Waals surface area contributed by atoms with Gasteiger partial charge in [0.15, 0.2) is 5.13 Å². The van der Waals surface area contributed by atoms with Crippen LogP contribution in [0.1, 0.15) is 25.8 Å². The van der Waals surface area contributed by atoms with Crippen LogP contribution in [-0.2, 0) is 11.2 Å². The van der Waals surface area contributed by atoms with Crippen molar-refractivity contribution in [2.45, 2.75) is 26.7 Å². The Labute approximate surface area is 164 Å². The topological polar surface area (TPSA) is 45.2 Å². The van der Waals surface area contributed by atoms with E-state index >= 15 is 0 Å². The summed E-state index contributed by atoms with van der Waals surface area (Å²) < 4.78 is 0. The molecule has 0 aliphatic carbocycles. The molecule has 2 aromatic carbocycles. The lowest BCUT2D eigenvalue weighted by Gasteiger charge is -2.16. The number of amides is 1. The first-order valence-electron chi connectivity index (χ1n) is 9.34. The maximum absolute atomic E-state index is 12.3. The Morgan fingerprint density at radius 1 is 1.07 bits per heavy atom. The number of carbonyl (C=O) groups is 1. The van der Waals surface area contributed by atoms with Crippen molar-refractivity contribution < 1.29 is 4.79 Å². The summed E-state index contributed by atoms with van der Waals surface area (Å²) >= 11 is 1.65. The summed E-state index contributed by atoms with van der Waals surface area (Å²) in [5.41, 5.74) is 3.95. The van der Waals surface area contributed by atoms with E-state index in [0.29, 0.717) is 6.42 Å². The van der Waals surface area contributed by atoms with Crippen molar-refractivity contribution >= 4 is 28.1 Å². The van der Waals surface area contributed by atoms with E-state index in [0.717, 1.165) is 41.6 Å². The molecule has 0 aliphatic rings. The summed E-state index contributed by atoms with van der Waals surface area (Å²) in [6.45, 7) is 6.16. The van der Waals surface area contributed by atoms with Crippen LogP contribution in [0.5, 0.6) is 0 Å². The van der Waals surface area contributed by atoms with Crippen molar-refractivity contribution in [2.24, 2.45) is 0 Å². The van der Waals surface area contributed by atoms with Crippen LogP contribution in [0.15, 0.2) is 60.0 Å². The summed E-state index contributed by atoms with van der Waals surface area (Å²) in [6.07, 6.45) is 1.21. The molecule has 0 saturated carbocycles. The highest BCUT2D eigenvalue weighted by Crippen LogP contribution is 2.28. The number of hydrogen-bond acceptors (Lipinski definition) is 4. The summed E-state index contributed by atoms with van der Waals surface area (Å²) in [4.78, 5) is 19.3. The fourth-order valence-corrected chi connectivity index (χ4v) is 3.88. The molecule has 1 amide bonds. The van der Waals surface area contributed by atoms with Crippen LogP contribution >= 0.6 is 11.3 Å². The SMILES string of the molecule is CCN(CC)c1nc(-c2cccc(NC(=O)CCc3ccccc3)c2)cs1. The smallest absolute Gasteiger partial charge is 0.224 e. The largest absolute Gasteiger partial charge is 0.349 e. The first-order valence-corrected chi connectivity index (χ1v) is 10.2. The molecule has 4 nitrogen and oxygen atoms in total. The molecule has 1 N–H and O–H groups in total. The zero-order valence-corrected chi connectivity index (χ0v) is 16.6. The van der Waals surface area contributed by atoms with Gasteiger partial charge in [-0.3, -0.25) is 4.79 Å². The molecule has 3 aromatic rings. The summed E-state index contributed by atoms with van der Waals surface area (Å²) in [7, 11) is 0. The number of benzene rings is 2. The fourth-order valence-electron chi connectivity index (χ4n) is 2.92. The van der Waals surface area contributed by atoms with E-state index < -0.39 is 0 Å². The lowest BCUT2D eigenvalue weighted by Crippen LogP contribution is -2.21. The van der Waals surface area contributed by atoms with Gasteiger partial charge in [-0.1, -0.05) is 42.5 Å². The Kier molecular flexibility index (Phi) is 6.60. The Morgan fingerprint density at radius 2 is 1.85 bits per heavy atom. The summed E-state index contributed by atoms with van der Waals surface area (Å²) in [6, 6.07) is 18.0. The maximum atomic E-state index is 12.3. The molecule has 5 heteroatoms. The molecule has 0 spiro atoms. The summed E-state index contributed by atoms with van der Waals surface area (Å²) in [5, 5.41) is 6.11. The molecule has 0 bridgehead atoms. The van der Waals surface area contributed by atoms with Crippen LogP contribution in [0, 0.1) is 0 Å². The van der Waals surface area contributed by atoms with Gasteiger partial charge in [-0.25, -0.2) is 4.98 Å². The molecule has 0 unspecified atom stereocenters. The van der Waals surface area contributed by atoms with Crippen LogP contribution < -0.4 is 10.2 Å². The van der Waals surface area contributed by atoms with Gasteiger partial charge in [0, 0.05) is 36.1 Å². The van der Waals surface area contributed by atoms with Gasteiger partial charge >= 0.3 is 0 Å². The first kappa shape index (κ1) is 19.1. The van der Waals surface area contributed by atoms with Crippen molar-refractivity contribution in [1.29, 1.82) is 0 Å². The number of thiazole rings is 1. The van der Waals surface area contributed by atoms with E-state index in [1.807, 2.05) is 54.6 Å². The van der Waals surface area contributed by atoms with Gasteiger partial charge in [-0.15, -0.1) is 11.3 Å². The van der Waals surface area contributed by atoms with Crippen LogP contribution in [0.4, 0.5) is 10.8 Å². The number of carbonyl (C=O) groups excluding carboxylic acids is 1. The Hall–Kier alpha value is -2.66. The van der Waals surface area contributed by atoms with Crippen molar-refractivity contribution in [3.63, 3.8) is 0 Å². The number of aromatic nitrogens is 1. The zero-order chi connectivity index (χ0) is 19.1. The van der Waals surface area contributed by atoms with E-state index in [2.05, 4.69) is 29.4 Å². The van der Waals surface area contributed by atoms with Gasteiger partial charge < -0.3 is 10.2 Å². The highest BCUT2D eigenvalue weighted by molar-refractivity contribution is 7.14. The molecule has 27 heavy (non-hydrogen) atoms. The molecule has 0 radical (unpaired) electrons. The second-order valence-electron chi connectivity index (χ2n) is 6.30. The fraction of sp³-hybridized carbons (Fsp3) is 0.273. The van der Waals surface area contributed by atoms with E-state index in [9.17, 15) is 4.79 Å². The minimum atomic E-state index is 0.0260. The van der Waals surface area contributed by atoms with E-state index in [-0.39, 0.29) is 5.91 Å². The molecular formula is C22H25N3OS. The number of hydrogen-bond donors (Lipinski definition) is 1. The standard InChI is InChI=1S/C22H25N3OS/c1-3-25(4-2)22-24-20(16-27-22)18-11-8-12-19(15-18)23-21(26)14-13-17-9-6-5-7-10-17/h5-12,15-16H,3-4,13-14H2,1-2H3,(H,23,26). The van der Waals surface area contributed by atoms with Crippen LogP contribution in [0.2, 0.25) is 0 Å². The molecule has 0 saturated heterocycles. The van der Waals surface area contributed by atoms with Crippen LogP contribution in [0.25, 0.3) is 11.3 Å². The quantitative estimate of drug-likeness (QED) is 0.583. The zero-order valence-electron chi connectivity index (χ0n) is 15.8. The highest BCUT2D eigenvalue weighted by Gasteiger charge is 2.10. The number of aryl methyl sites for hydroxylation is 1. The molecule has 3 rings (SSSR count). The van der Waals surface area contributed by atoms with Crippen molar-refractivity contribution in [3.8, 4) is 11.3 Å². The molecule has 0 fully saturated rings. The average Bonchev–Trinajstić information content (AvgIpc) is 3.18. The Bertz CT molecular complexity index is 872. The van der Waals surface area contributed by atoms with Gasteiger partial charge in [0.2, 0.25) is 5.91 Å². The van der Waals surface area contributed by atoms with E-state index in [1.54, 1.807) is 11.3 Å². The number of nitrogens with one attached hydrogen (secondary N) is 1. The summed E-state index contributed by atoms with van der Waals surface area (Å²) in [5.74, 6) is 0.0260. The predicted molar refractivity (Wildman–Crippen MR) is 115 cm³/mol. The Morgan fingerprint density at radius 3 is 2.59 bits per heavy atom. The van der Waals surface area contributed by atoms with Gasteiger partial charge in [0.1, 0.15) is 0 Å². The van der Waals surface area contributed by atoms with Crippen LogP contribution in [-0.4, -0.2) is 24.0 Å². The monoisotopic (exact) mass is 379 g/mol. The third-order valence-electron chi connectivity index (χ3n) is 4.45. The maximum Gasteiger partial charge on any atom is 0.224 e. The van der Waals surface area contributed by atoms with Gasteiger partial charge in [-0.2, -0.15) is 0 Å². The van der Waals surface area contributed by atoms with E-state index in [1.165, 1.54) is 5.56 Å². The van der Waals surface area contributed by atoms with E-state index in [4.69, 9.17) is 4.98 Å². The minimum Gasteiger partial charge on any atom is -0.349 e. The number of anilines is 2. The highest BCUT2D eigenvalue weighted by atomic mass is 32.1. The van der Waals surface area contributed by atoms with Gasteiger partial charge in [0.25, 0.3) is 0 Å². The normalized spacial score (nSPS) is 10.6. The average molecular weight is 380 g/mol. The molecule has 1 aromatic heterocycles. The lowest BCUT2D eigenvalue weighted by atomic mass is 10.1. The van der Waals surface area contributed by atoms with Crippen LogP contribution in [0.3, 0.4) is 0 Å². The van der Waals surface area contributed by atoms with Gasteiger partial charge in [0.05, 0.1) is 5.69 Å². The molecular weight excluding hydrogens is 354 g/mol. The molecule has 1 heterocycles. The van der Waals surface area contributed by atoms with Crippen molar-refractivity contribution in [3.05, 3.63) is 65.5 Å². The van der Waals surface area contributed by atoms with Crippen molar-refractivity contribution in [2.75, 3.05) is 23.3 Å².